The van der Waals surface area contributed by atoms with Gasteiger partial charge in [0.2, 0.25) is 0 Å². The Bertz CT molecular complexity index is 407. The molecule has 1 aliphatic carbocycles. The van der Waals surface area contributed by atoms with Gasteiger partial charge in [0.05, 0.1) is 6.61 Å². The number of hydrogen-bond acceptors (Lipinski definition) is 3. The Morgan fingerprint density at radius 3 is 2.79 bits per heavy atom. The van der Waals surface area contributed by atoms with Crippen LogP contribution in [0, 0.1) is 5.92 Å². The van der Waals surface area contributed by atoms with Crippen LogP contribution in [0.15, 0.2) is 24.3 Å². The van der Waals surface area contributed by atoms with E-state index in [-0.39, 0.29) is 5.54 Å². The predicted molar refractivity (Wildman–Crippen MR) is 77.3 cm³/mol. The second-order valence-corrected chi connectivity index (χ2v) is 5.51. The van der Waals surface area contributed by atoms with Crippen LogP contribution in [-0.4, -0.2) is 20.3 Å². The number of benzene rings is 1. The molecule has 106 valence electrons. The summed E-state index contributed by atoms with van der Waals surface area (Å²) >= 11 is 0. The second-order valence-electron chi connectivity index (χ2n) is 5.51. The van der Waals surface area contributed by atoms with Crippen molar-refractivity contribution in [2.24, 2.45) is 11.7 Å². The summed E-state index contributed by atoms with van der Waals surface area (Å²) in [4.78, 5) is 0. The van der Waals surface area contributed by atoms with Gasteiger partial charge >= 0.3 is 0 Å². The molecule has 2 N–H and O–H groups in total. The Hall–Kier alpha value is -1.06. The molecule has 0 aliphatic heterocycles. The second kappa shape index (κ2) is 6.40. The molecule has 1 saturated carbocycles. The minimum absolute atomic E-state index is 0.218. The van der Waals surface area contributed by atoms with Gasteiger partial charge in [0.1, 0.15) is 12.4 Å². The van der Waals surface area contributed by atoms with Gasteiger partial charge in [0, 0.05) is 18.2 Å². The fourth-order valence-electron chi connectivity index (χ4n) is 3.01. The highest BCUT2D eigenvalue weighted by Gasteiger charge is 2.38. The molecular weight excluding hydrogens is 238 g/mol. The Kier molecular flexibility index (Phi) is 4.83. The zero-order chi connectivity index (χ0) is 13.7. The van der Waals surface area contributed by atoms with E-state index in [1.165, 1.54) is 12.8 Å². The van der Waals surface area contributed by atoms with E-state index in [1.807, 2.05) is 18.2 Å². The SMILES string of the molecule is CCC1CCC(N)(c2ccccc2OCCOC)C1. The fraction of sp³-hybridized carbons (Fsp3) is 0.625. The maximum Gasteiger partial charge on any atom is 0.124 e. The zero-order valence-electron chi connectivity index (χ0n) is 12.0. The summed E-state index contributed by atoms with van der Waals surface area (Å²) in [6, 6.07) is 8.17. The zero-order valence-corrected chi connectivity index (χ0v) is 12.0. The molecule has 2 atom stereocenters. The topological polar surface area (TPSA) is 44.5 Å². The van der Waals surface area contributed by atoms with Gasteiger partial charge in [-0.15, -0.1) is 0 Å². The minimum atomic E-state index is -0.218. The maximum absolute atomic E-state index is 6.64. The number of methoxy groups -OCH3 is 1. The van der Waals surface area contributed by atoms with Crippen molar-refractivity contribution in [2.75, 3.05) is 20.3 Å². The molecule has 2 unspecified atom stereocenters. The minimum Gasteiger partial charge on any atom is -0.491 e. The fourth-order valence-corrected chi connectivity index (χ4v) is 3.01. The highest BCUT2D eigenvalue weighted by molar-refractivity contribution is 5.39. The van der Waals surface area contributed by atoms with Gasteiger partial charge in [-0.3, -0.25) is 0 Å². The molecule has 1 aromatic carbocycles. The monoisotopic (exact) mass is 263 g/mol. The van der Waals surface area contributed by atoms with Crippen LogP contribution < -0.4 is 10.5 Å². The Morgan fingerprint density at radius 1 is 1.32 bits per heavy atom. The van der Waals surface area contributed by atoms with Crippen LogP contribution in [0.5, 0.6) is 5.75 Å². The smallest absolute Gasteiger partial charge is 0.124 e. The standard InChI is InChI=1S/C16H25NO2/c1-3-13-8-9-16(17,12-13)14-6-4-5-7-15(14)19-11-10-18-2/h4-7,13H,3,8-12,17H2,1-2H3. The molecule has 0 spiro atoms. The highest BCUT2D eigenvalue weighted by atomic mass is 16.5. The quantitative estimate of drug-likeness (QED) is 0.802. The van der Waals surface area contributed by atoms with E-state index in [9.17, 15) is 0 Å². The van der Waals surface area contributed by atoms with Crippen molar-refractivity contribution in [1.29, 1.82) is 0 Å². The summed E-state index contributed by atoms with van der Waals surface area (Å²) < 4.78 is 10.9. The van der Waals surface area contributed by atoms with Crippen molar-refractivity contribution >= 4 is 0 Å². The molecule has 19 heavy (non-hydrogen) atoms. The number of rotatable bonds is 6. The molecule has 3 nitrogen and oxygen atoms in total. The van der Waals surface area contributed by atoms with Gasteiger partial charge in [-0.2, -0.15) is 0 Å². The third kappa shape index (κ3) is 3.28. The Morgan fingerprint density at radius 2 is 2.11 bits per heavy atom. The summed E-state index contributed by atoms with van der Waals surface area (Å²) in [6.07, 6.45) is 4.55. The van der Waals surface area contributed by atoms with Gasteiger partial charge in [-0.25, -0.2) is 0 Å². The first-order valence-electron chi connectivity index (χ1n) is 7.19. The first-order valence-corrected chi connectivity index (χ1v) is 7.19. The number of nitrogens with two attached hydrogens (primary N) is 1. The lowest BCUT2D eigenvalue weighted by Crippen LogP contribution is -2.34. The molecule has 1 aliphatic rings. The molecule has 2 rings (SSSR count). The van der Waals surface area contributed by atoms with E-state index >= 15 is 0 Å². The van der Waals surface area contributed by atoms with Crippen molar-refractivity contribution in [1.82, 2.24) is 0 Å². The Balaban J connectivity index is 2.15. The summed E-state index contributed by atoms with van der Waals surface area (Å²) in [6.45, 7) is 3.42. The van der Waals surface area contributed by atoms with Crippen molar-refractivity contribution in [3.8, 4) is 5.75 Å². The summed E-state index contributed by atoms with van der Waals surface area (Å²) in [5.74, 6) is 1.66. The third-order valence-corrected chi connectivity index (χ3v) is 4.20. The molecule has 1 aromatic rings. The summed E-state index contributed by atoms with van der Waals surface area (Å²) in [5, 5.41) is 0. The van der Waals surface area contributed by atoms with Crippen LogP contribution in [0.2, 0.25) is 0 Å². The van der Waals surface area contributed by atoms with Crippen LogP contribution >= 0.6 is 0 Å². The van der Waals surface area contributed by atoms with Crippen LogP contribution in [0.1, 0.15) is 38.2 Å². The van der Waals surface area contributed by atoms with Crippen LogP contribution in [-0.2, 0) is 10.3 Å². The van der Waals surface area contributed by atoms with E-state index in [2.05, 4.69) is 13.0 Å². The van der Waals surface area contributed by atoms with Crippen LogP contribution in [0.3, 0.4) is 0 Å². The first kappa shape index (κ1) is 14.4. The van der Waals surface area contributed by atoms with Crippen molar-refractivity contribution < 1.29 is 9.47 Å². The molecule has 1 fully saturated rings. The van der Waals surface area contributed by atoms with E-state index < -0.39 is 0 Å². The molecule has 0 aromatic heterocycles. The van der Waals surface area contributed by atoms with E-state index in [0.717, 1.165) is 30.1 Å². The highest BCUT2D eigenvalue weighted by Crippen LogP contribution is 2.44. The number of hydrogen-bond donors (Lipinski definition) is 1. The van der Waals surface area contributed by atoms with Crippen LogP contribution in [0.4, 0.5) is 0 Å². The number of para-hydroxylation sites is 1. The molecule has 0 saturated heterocycles. The third-order valence-electron chi connectivity index (χ3n) is 4.20. The maximum atomic E-state index is 6.64. The largest absolute Gasteiger partial charge is 0.491 e. The molecule has 3 heteroatoms. The van der Waals surface area contributed by atoms with E-state index in [4.69, 9.17) is 15.2 Å². The van der Waals surface area contributed by atoms with Gasteiger partial charge < -0.3 is 15.2 Å². The normalized spacial score (nSPS) is 26.6. The Labute approximate surface area is 116 Å². The van der Waals surface area contributed by atoms with Gasteiger partial charge in [-0.05, 0) is 31.2 Å². The summed E-state index contributed by atoms with van der Waals surface area (Å²) in [5.41, 5.74) is 7.58. The van der Waals surface area contributed by atoms with E-state index in [0.29, 0.717) is 13.2 Å². The average Bonchev–Trinajstić information content (AvgIpc) is 2.83. The van der Waals surface area contributed by atoms with Crippen molar-refractivity contribution in [3.05, 3.63) is 29.8 Å². The van der Waals surface area contributed by atoms with Gasteiger partial charge in [0.25, 0.3) is 0 Å². The lowest BCUT2D eigenvalue weighted by atomic mass is 9.87. The molecule has 0 bridgehead atoms. The average molecular weight is 263 g/mol. The molecule has 0 heterocycles. The van der Waals surface area contributed by atoms with E-state index in [1.54, 1.807) is 7.11 Å². The molecule has 0 radical (unpaired) electrons. The molecular formula is C16H25NO2. The molecule has 0 amide bonds. The predicted octanol–water partition coefficient (Wildman–Crippen LogP) is 3.08. The van der Waals surface area contributed by atoms with Crippen LogP contribution in [0.25, 0.3) is 0 Å². The van der Waals surface area contributed by atoms with Crippen molar-refractivity contribution in [2.45, 2.75) is 38.1 Å². The van der Waals surface area contributed by atoms with Crippen molar-refractivity contribution in [3.63, 3.8) is 0 Å². The first-order chi connectivity index (χ1) is 9.19. The number of ether oxygens (including phenoxy) is 2. The lowest BCUT2D eigenvalue weighted by Gasteiger charge is -2.27. The lowest BCUT2D eigenvalue weighted by molar-refractivity contribution is 0.144. The van der Waals surface area contributed by atoms with Gasteiger partial charge in [0.15, 0.2) is 0 Å². The van der Waals surface area contributed by atoms with Gasteiger partial charge in [-0.1, -0.05) is 31.5 Å². The summed E-state index contributed by atoms with van der Waals surface area (Å²) in [7, 11) is 1.68.